The number of halogens is 1. The Kier molecular flexibility index (Phi) is 4.04. The Morgan fingerprint density at radius 3 is 2.70 bits per heavy atom. The van der Waals surface area contributed by atoms with E-state index < -0.39 is 22.9 Å². The molecule has 0 radical (unpaired) electrons. The van der Waals surface area contributed by atoms with E-state index in [1.807, 2.05) is 6.92 Å². The van der Waals surface area contributed by atoms with E-state index in [-0.39, 0.29) is 11.6 Å². The number of anilines is 1. The fourth-order valence-corrected chi connectivity index (χ4v) is 2.29. The minimum absolute atomic E-state index is 0.236. The molecule has 3 N–H and O–H groups in total. The Morgan fingerprint density at radius 2 is 2.15 bits per heavy atom. The topological polar surface area (TPSA) is 78.4 Å². The van der Waals surface area contributed by atoms with Crippen LogP contribution in [0, 0.1) is 5.82 Å². The van der Waals surface area contributed by atoms with Crippen molar-refractivity contribution in [1.29, 1.82) is 0 Å². The average molecular weight is 280 g/mol. The van der Waals surface area contributed by atoms with Crippen LogP contribution < -0.4 is 10.6 Å². The lowest BCUT2D eigenvalue weighted by Gasteiger charge is -2.33. The predicted molar refractivity (Wildman–Crippen MR) is 72.2 cm³/mol. The van der Waals surface area contributed by atoms with Gasteiger partial charge < -0.3 is 15.7 Å². The molecule has 1 saturated heterocycles. The van der Waals surface area contributed by atoms with Gasteiger partial charge in [-0.1, -0.05) is 0 Å². The van der Waals surface area contributed by atoms with Gasteiger partial charge in [-0.15, -0.1) is 0 Å². The molecule has 0 bridgehead atoms. The Labute approximate surface area is 116 Å². The number of hydrogen-bond acceptors (Lipinski definition) is 3. The summed E-state index contributed by atoms with van der Waals surface area (Å²) < 4.78 is 13.5. The first-order chi connectivity index (χ1) is 9.42. The van der Waals surface area contributed by atoms with E-state index in [9.17, 15) is 14.0 Å². The van der Waals surface area contributed by atoms with Crippen molar-refractivity contribution in [2.24, 2.45) is 0 Å². The lowest BCUT2D eigenvalue weighted by atomic mass is 9.90. The Balaban J connectivity index is 2.12. The van der Waals surface area contributed by atoms with Gasteiger partial charge >= 0.3 is 5.97 Å². The van der Waals surface area contributed by atoms with E-state index in [0.29, 0.717) is 6.42 Å². The summed E-state index contributed by atoms with van der Waals surface area (Å²) in [4.78, 5) is 22.9. The van der Waals surface area contributed by atoms with Crippen LogP contribution in [0.5, 0.6) is 0 Å². The van der Waals surface area contributed by atoms with Crippen LogP contribution in [-0.2, 0) is 4.79 Å². The summed E-state index contributed by atoms with van der Waals surface area (Å²) in [6, 6.07) is 3.55. The number of nitrogens with one attached hydrogen (secondary N) is 2. The number of amides is 1. The van der Waals surface area contributed by atoms with Crippen LogP contribution in [0.3, 0.4) is 0 Å². The molecule has 0 aliphatic carbocycles. The minimum Gasteiger partial charge on any atom is -0.478 e. The molecule has 1 unspecified atom stereocenters. The number of carbonyl (C=O) groups is 2. The maximum Gasteiger partial charge on any atom is 0.338 e. The monoisotopic (exact) mass is 280 g/mol. The summed E-state index contributed by atoms with van der Waals surface area (Å²) in [7, 11) is 0. The molecule has 108 valence electrons. The van der Waals surface area contributed by atoms with E-state index >= 15 is 0 Å². The molecule has 5 nitrogen and oxygen atoms in total. The summed E-state index contributed by atoms with van der Waals surface area (Å²) >= 11 is 0. The van der Waals surface area contributed by atoms with E-state index in [1.165, 1.54) is 6.07 Å². The lowest BCUT2D eigenvalue weighted by molar-refractivity contribution is -0.122. The predicted octanol–water partition coefficient (Wildman–Crippen LogP) is 1.99. The number of carboxylic acid groups (broad SMARTS) is 1. The zero-order valence-electron chi connectivity index (χ0n) is 11.2. The van der Waals surface area contributed by atoms with Gasteiger partial charge in [0.25, 0.3) is 0 Å². The van der Waals surface area contributed by atoms with Crippen LogP contribution in [0.1, 0.15) is 36.5 Å². The van der Waals surface area contributed by atoms with Crippen molar-refractivity contribution >= 4 is 17.6 Å². The molecular formula is C14H17FN2O3. The molecule has 1 amide bonds. The third-order valence-electron chi connectivity index (χ3n) is 3.58. The second-order valence-corrected chi connectivity index (χ2v) is 5.17. The van der Waals surface area contributed by atoms with Crippen LogP contribution in [0.4, 0.5) is 10.1 Å². The van der Waals surface area contributed by atoms with E-state index in [1.54, 1.807) is 0 Å². The molecule has 0 spiro atoms. The van der Waals surface area contributed by atoms with Gasteiger partial charge in [0.15, 0.2) is 0 Å². The van der Waals surface area contributed by atoms with Gasteiger partial charge in [0.2, 0.25) is 5.91 Å². The fraction of sp³-hybridized carbons (Fsp3) is 0.429. The van der Waals surface area contributed by atoms with Crippen molar-refractivity contribution in [3.8, 4) is 0 Å². The van der Waals surface area contributed by atoms with Gasteiger partial charge in [-0.05, 0) is 50.9 Å². The number of carboxylic acids is 1. The zero-order valence-corrected chi connectivity index (χ0v) is 11.2. The number of carbonyl (C=O) groups excluding carboxylic acids is 1. The molecule has 2 rings (SSSR count). The van der Waals surface area contributed by atoms with Gasteiger partial charge in [-0.25, -0.2) is 9.18 Å². The van der Waals surface area contributed by atoms with Crippen molar-refractivity contribution in [1.82, 2.24) is 5.32 Å². The molecule has 20 heavy (non-hydrogen) atoms. The van der Waals surface area contributed by atoms with Crippen molar-refractivity contribution in [2.75, 3.05) is 11.9 Å². The molecule has 1 aliphatic rings. The Morgan fingerprint density at radius 1 is 1.40 bits per heavy atom. The van der Waals surface area contributed by atoms with Gasteiger partial charge in [-0.3, -0.25) is 4.79 Å². The van der Waals surface area contributed by atoms with E-state index in [0.717, 1.165) is 31.5 Å². The van der Waals surface area contributed by atoms with Gasteiger partial charge in [0, 0.05) is 5.69 Å². The smallest absolute Gasteiger partial charge is 0.338 e. The van der Waals surface area contributed by atoms with Gasteiger partial charge in [0.1, 0.15) is 5.82 Å². The largest absolute Gasteiger partial charge is 0.478 e. The average Bonchev–Trinajstić information content (AvgIpc) is 2.39. The van der Waals surface area contributed by atoms with Crippen LogP contribution in [0.25, 0.3) is 0 Å². The summed E-state index contributed by atoms with van der Waals surface area (Å²) in [5, 5.41) is 14.5. The standard InChI is InChI=1S/C14H17FN2O3/c1-14(6-2-3-7-16-14)13(20)17-9-4-5-10(12(18)19)11(15)8-9/h4-5,8,16H,2-3,6-7H2,1H3,(H,17,20)(H,18,19). The lowest BCUT2D eigenvalue weighted by Crippen LogP contribution is -2.54. The van der Waals surface area contributed by atoms with Crippen molar-refractivity contribution in [3.05, 3.63) is 29.6 Å². The van der Waals surface area contributed by atoms with Crippen LogP contribution in [0.2, 0.25) is 0 Å². The first-order valence-electron chi connectivity index (χ1n) is 6.52. The molecule has 1 heterocycles. The summed E-state index contributed by atoms with van der Waals surface area (Å²) in [6.07, 6.45) is 2.71. The highest BCUT2D eigenvalue weighted by atomic mass is 19.1. The molecule has 1 fully saturated rings. The highest BCUT2D eigenvalue weighted by Crippen LogP contribution is 2.22. The SMILES string of the molecule is CC1(C(=O)Nc2ccc(C(=O)O)c(F)c2)CCCCN1. The number of piperidine rings is 1. The highest BCUT2D eigenvalue weighted by molar-refractivity contribution is 5.98. The summed E-state index contributed by atoms with van der Waals surface area (Å²) in [5.41, 5.74) is -0.823. The van der Waals surface area contributed by atoms with Crippen LogP contribution in [0.15, 0.2) is 18.2 Å². The number of benzene rings is 1. The van der Waals surface area contributed by atoms with Crippen LogP contribution in [-0.4, -0.2) is 29.1 Å². The van der Waals surface area contributed by atoms with Crippen LogP contribution >= 0.6 is 0 Å². The van der Waals surface area contributed by atoms with Gasteiger partial charge in [0.05, 0.1) is 11.1 Å². The maximum atomic E-state index is 13.5. The van der Waals surface area contributed by atoms with Crippen molar-refractivity contribution < 1.29 is 19.1 Å². The number of hydrogen-bond donors (Lipinski definition) is 3. The second kappa shape index (κ2) is 5.58. The molecule has 1 atom stereocenters. The highest BCUT2D eigenvalue weighted by Gasteiger charge is 2.34. The normalized spacial score (nSPS) is 22.3. The Hall–Kier alpha value is -1.95. The molecule has 1 aromatic carbocycles. The summed E-state index contributed by atoms with van der Waals surface area (Å²) in [5.74, 6) is -2.43. The van der Waals surface area contributed by atoms with E-state index in [2.05, 4.69) is 10.6 Å². The zero-order chi connectivity index (χ0) is 14.8. The molecule has 1 aliphatic heterocycles. The van der Waals surface area contributed by atoms with Crippen molar-refractivity contribution in [2.45, 2.75) is 31.7 Å². The first-order valence-corrected chi connectivity index (χ1v) is 6.52. The number of aromatic carboxylic acids is 1. The second-order valence-electron chi connectivity index (χ2n) is 5.17. The third-order valence-corrected chi connectivity index (χ3v) is 3.58. The van der Waals surface area contributed by atoms with Crippen molar-refractivity contribution in [3.63, 3.8) is 0 Å². The quantitative estimate of drug-likeness (QED) is 0.791. The summed E-state index contributed by atoms with van der Waals surface area (Å²) in [6.45, 7) is 2.58. The fourth-order valence-electron chi connectivity index (χ4n) is 2.29. The molecular weight excluding hydrogens is 263 g/mol. The van der Waals surface area contributed by atoms with Gasteiger partial charge in [-0.2, -0.15) is 0 Å². The minimum atomic E-state index is -1.33. The third kappa shape index (κ3) is 2.96. The number of rotatable bonds is 3. The Bertz CT molecular complexity index is 539. The molecule has 0 aromatic heterocycles. The molecule has 0 saturated carbocycles. The van der Waals surface area contributed by atoms with E-state index in [4.69, 9.17) is 5.11 Å². The first kappa shape index (κ1) is 14.5. The molecule has 6 heteroatoms. The maximum absolute atomic E-state index is 13.5. The molecule has 1 aromatic rings.